The molecule has 0 spiro atoms. The Morgan fingerprint density at radius 3 is 3.12 bits per heavy atom. The average Bonchev–Trinajstić information content (AvgIpc) is 2.86. The van der Waals surface area contributed by atoms with Crippen molar-refractivity contribution in [2.45, 2.75) is 30.8 Å². The van der Waals surface area contributed by atoms with Crippen LogP contribution in [0.15, 0.2) is 25.9 Å². The van der Waals surface area contributed by atoms with Gasteiger partial charge in [-0.05, 0) is 33.8 Å². The van der Waals surface area contributed by atoms with E-state index in [0.29, 0.717) is 6.54 Å². The highest BCUT2D eigenvalue weighted by Gasteiger charge is 2.09. The maximum atomic E-state index is 11.5. The first-order valence-electron chi connectivity index (χ1n) is 5.22. The van der Waals surface area contributed by atoms with E-state index < -0.39 is 0 Å². The molecule has 0 unspecified atom stereocenters. The number of halogens is 1. The summed E-state index contributed by atoms with van der Waals surface area (Å²) in [5.74, 6) is 0.826. The molecule has 0 saturated heterocycles. The van der Waals surface area contributed by atoms with Gasteiger partial charge in [-0.25, -0.2) is 9.89 Å². The second-order valence-electron chi connectivity index (χ2n) is 3.44. The van der Waals surface area contributed by atoms with Crippen LogP contribution in [0.3, 0.4) is 0 Å². The van der Waals surface area contributed by atoms with Crippen molar-refractivity contribution in [3.05, 3.63) is 31.3 Å². The number of thiophene rings is 1. The van der Waals surface area contributed by atoms with Crippen molar-refractivity contribution in [1.29, 1.82) is 0 Å². The normalized spacial score (nSPS) is 10.9. The van der Waals surface area contributed by atoms with E-state index in [1.54, 1.807) is 27.7 Å². The molecular formula is C10H12BrN3OS2. The van der Waals surface area contributed by atoms with E-state index in [-0.39, 0.29) is 5.69 Å². The second kappa shape index (κ2) is 5.88. The lowest BCUT2D eigenvalue weighted by Gasteiger charge is -2.02. The summed E-state index contributed by atoms with van der Waals surface area (Å²) < 4.78 is 2.81. The number of hydrogen-bond acceptors (Lipinski definition) is 4. The number of aromatic nitrogens is 3. The third kappa shape index (κ3) is 3.02. The summed E-state index contributed by atoms with van der Waals surface area (Å²) in [5.41, 5.74) is -0.125. The van der Waals surface area contributed by atoms with Crippen LogP contribution in [0.1, 0.15) is 18.2 Å². The summed E-state index contributed by atoms with van der Waals surface area (Å²) >= 11 is 6.78. The number of nitrogens with zero attached hydrogens (tertiary/aromatic N) is 2. The van der Waals surface area contributed by atoms with Gasteiger partial charge in [0.05, 0.1) is 0 Å². The van der Waals surface area contributed by atoms with Crippen LogP contribution in [0.25, 0.3) is 0 Å². The molecule has 92 valence electrons. The Morgan fingerprint density at radius 1 is 1.65 bits per heavy atom. The number of H-pyrrole nitrogens is 1. The fraction of sp³-hybridized carbons (Fsp3) is 0.400. The summed E-state index contributed by atoms with van der Waals surface area (Å²) in [7, 11) is 0. The molecule has 2 heterocycles. The van der Waals surface area contributed by atoms with Gasteiger partial charge in [-0.3, -0.25) is 4.57 Å². The minimum Gasteiger partial charge on any atom is -0.270 e. The van der Waals surface area contributed by atoms with E-state index >= 15 is 0 Å². The molecule has 17 heavy (non-hydrogen) atoms. The number of nitrogens with one attached hydrogen (secondary N) is 1. The van der Waals surface area contributed by atoms with E-state index in [2.05, 4.69) is 26.1 Å². The average molecular weight is 334 g/mol. The molecule has 2 aromatic heterocycles. The van der Waals surface area contributed by atoms with Gasteiger partial charge in [-0.15, -0.1) is 16.4 Å². The van der Waals surface area contributed by atoms with Crippen LogP contribution in [0.5, 0.6) is 0 Å². The van der Waals surface area contributed by atoms with Gasteiger partial charge in [-0.1, -0.05) is 18.7 Å². The summed E-state index contributed by atoms with van der Waals surface area (Å²) in [6.45, 7) is 2.76. The molecule has 0 fully saturated rings. The molecule has 4 nitrogen and oxygen atoms in total. The molecule has 7 heteroatoms. The van der Waals surface area contributed by atoms with Crippen molar-refractivity contribution in [3.8, 4) is 0 Å². The van der Waals surface area contributed by atoms with Gasteiger partial charge < -0.3 is 0 Å². The van der Waals surface area contributed by atoms with E-state index in [9.17, 15) is 4.79 Å². The fourth-order valence-electron chi connectivity index (χ4n) is 1.39. The third-order valence-corrected chi connectivity index (χ3v) is 5.31. The van der Waals surface area contributed by atoms with Crippen LogP contribution >= 0.6 is 39.0 Å². The van der Waals surface area contributed by atoms with Crippen LogP contribution in [-0.4, -0.2) is 14.8 Å². The Kier molecular flexibility index (Phi) is 4.47. The Labute approximate surface area is 116 Å². The van der Waals surface area contributed by atoms with Gasteiger partial charge in [0.25, 0.3) is 0 Å². The lowest BCUT2D eigenvalue weighted by Crippen LogP contribution is -2.17. The van der Waals surface area contributed by atoms with Gasteiger partial charge >= 0.3 is 5.69 Å². The second-order valence-corrected chi connectivity index (χ2v) is 6.24. The van der Waals surface area contributed by atoms with Crippen molar-refractivity contribution in [1.82, 2.24) is 14.8 Å². The third-order valence-electron chi connectivity index (χ3n) is 2.19. The molecule has 1 N–H and O–H groups in total. The van der Waals surface area contributed by atoms with Gasteiger partial charge in [-0.2, -0.15) is 0 Å². The van der Waals surface area contributed by atoms with Crippen LogP contribution < -0.4 is 5.69 Å². The molecule has 0 aromatic carbocycles. The number of aromatic amines is 1. The minimum absolute atomic E-state index is 0.125. The van der Waals surface area contributed by atoms with Crippen LogP contribution in [0, 0.1) is 0 Å². The topological polar surface area (TPSA) is 50.7 Å². The zero-order chi connectivity index (χ0) is 12.3. The monoisotopic (exact) mass is 333 g/mol. The molecule has 0 aliphatic carbocycles. The first-order chi connectivity index (χ1) is 8.22. The predicted molar refractivity (Wildman–Crippen MR) is 74.7 cm³/mol. The molecule has 0 bridgehead atoms. The van der Waals surface area contributed by atoms with Crippen LogP contribution in [0.4, 0.5) is 0 Å². The van der Waals surface area contributed by atoms with Gasteiger partial charge in [0, 0.05) is 21.6 Å². The molecule has 2 aromatic rings. The van der Waals surface area contributed by atoms with Crippen molar-refractivity contribution >= 4 is 39.0 Å². The Morgan fingerprint density at radius 2 is 2.47 bits per heavy atom. The summed E-state index contributed by atoms with van der Waals surface area (Å²) in [4.78, 5) is 12.7. The molecule has 0 aliphatic heterocycles. The van der Waals surface area contributed by atoms with Gasteiger partial charge in [0.15, 0.2) is 5.16 Å². The molecule has 0 radical (unpaired) electrons. The predicted octanol–water partition coefficient (Wildman–Crippen LogP) is 3.10. The van der Waals surface area contributed by atoms with E-state index in [1.807, 2.05) is 18.4 Å². The highest BCUT2D eigenvalue weighted by atomic mass is 79.9. The molecule has 0 aliphatic rings. The molecular weight excluding hydrogens is 322 g/mol. The molecule has 0 saturated carbocycles. The number of hydrogen-bond donors (Lipinski definition) is 1. The number of thioether (sulfide) groups is 1. The van der Waals surface area contributed by atoms with Crippen molar-refractivity contribution in [3.63, 3.8) is 0 Å². The van der Waals surface area contributed by atoms with Crippen molar-refractivity contribution in [2.24, 2.45) is 0 Å². The SMILES string of the molecule is CCCn1c(SCc2sccc2Br)n[nH]c1=O. The maximum absolute atomic E-state index is 11.5. The van der Waals surface area contributed by atoms with Gasteiger partial charge in [0.1, 0.15) is 0 Å². The van der Waals surface area contributed by atoms with Crippen LogP contribution in [0.2, 0.25) is 0 Å². The lowest BCUT2D eigenvalue weighted by molar-refractivity contribution is 0.604. The number of rotatable bonds is 5. The minimum atomic E-state index is -0.125. The summed E-state index contributed by atoms with van der Waals surface area (Å²) in [5, 5.41) is 9.34. The quantitative estimate of drug-likeness (QED) is 0.855. The highest BCUT2D eigenvalue weighted by Crippen LogP contribution is 2.29. The highest BCUT2D eigenvalue weighted by molar-refractivity contribution is 9.10. The van der Waals surface area contributed by atoms with Crippen molar-refractivity contribution < 1.29 is 0 Å². The zero-order valence-corrected chi connectivity index (χ0v) is 12.5. The van der Waals surface area contributed by atoms with Crippen LogP contribution in [-0.2, 0) is 12.3 Å². The Balaban J connectivity index is 2.09. The maximum Gasteiger partial charge on any atom is 0.343 e. The standard InChI is InChI=1S/C10H12BrN3OS2/c1-2-4-14-9(15)12-13-10(14)17-6-8-7(11)3-5-16-8/h3,5H,2,4,6H2,1H3,(H,12,15). The Hall–Kier alpha value is -0.530. The summed E-state index contributed by atoms with van der Waals surface area (Å²) in [6, 6.07) is 2.03. The lowest BCUT2D eigenvalue weighted by atomic mass is 10.5. The fourth-order valence-corrected chi connectivity index (χ4v) is 4.16. The summed E-state index contributed by atoms with van der Waals surface area (Å²) in [6.07, 6.45) is 0.926. The molecule has 2 rings (SSSR count). The zero-order valence-electron chi connectivity index (χ0n) is 9.27. The first kappa shape index (κ1) is 12.9. The van der Waals surface area contributed by atoms with E-state index in [4.69, 9.17) is 0 Å². The molecule has 0 amide bonds. The largest absolute Gasteiger partial charge is 0.343 e. The van der Waals surface area contributed by atoms with E-state index in [0.717, 1.165) is 21.8 Å². The smallest absolute Gasteiger partial charge is 0.270 e. The van der Waals surface area contributed by atoms with Crippen molar-refractivity contribution in [2.75, 3.05) is 0 Å². The Bertz CT molecular complexity index is 546. The molecule has 0 atom stereocenters. The van der Waals surface area contributed by atoms with E-state index in [1.165, 1.54) is 4.88 Å². The first-order valence-corrected chi connectivity index (χ1v) is 7.88. The van der Waals surface area contributed by atoms with Gasteiger partial charge in [0.2, 0.25) is 0 Å².